The van der Waals surface area contributed by atoms with Gasteiger partial charge in [0.05, 0.1) is 12.2 Å². The first kappa shape index (κ1) is 29.2. The van der Waals surface area contributed by atoms with Crippen molar-refractivity contribution in [3.05, 3.63) is 80.8 Å². The minimum Gasteiger partial charge on any atom is -0.494 e. The fourth-order valence-corrected chi connectivity index (χ4v) is 4.57. The van der Waals surface area contributed by atoms with E-state index >= 15 is 0 Å². The summed E-state index contributed by atoms with van der Waals surface area (Å²) in [5.74, 6) is 0.0784. The Hall–Kier alpha value is -3.35. The van der Waals surface area contributed by atoms with Gasteiger partial charge in [0.1, 0.15) is 17.4 Å². The lowest BCUT2D eigenvalue weighted by Crippen LogP contribution is -2.13. The third-order valence-corrected chi connectivity index (χ3v) is 6.87. The highest BCUT2D eigenvalue weighted by molar-refractivity contribution is 7.15. The van der Waals surface area contributed by atoms with Crippen LogP contribution in [0.1, 0.15) is 60.6 Å². The number of aromatic nitrogens is 1. The van der Waals surface area contributed by atoms with E-state index in [-0.39, 0.29) is 22.1 Å². The Bertz CT molecular complexity index is 1300. The largest absolute Gasteiger partial charge is 0.494 e. The van der Waals surface area contributed by atoms with Crippen LogP contribution in [0.3, 0.4) is 0 Å². The number of rotatable bonds is 12. The van der Waals surface area contributed by atoms with Gasteiger partial charge in [-0.05, 0) is 54.0 Å². The zero-order valence-corrected chi connectivity index (χ0v) is 22.3. The lowest BCUT2D eigenvalue weighted by Gasteiger charge is -2.09. The monoisotopic (exact) mass is 561 g/mol. The summed E-state index contributed by atoms with van der Waals surface area (Å²) in [6.45, 7) is 2.81. The van der Waals surface area contributed by atoms with Crippen LogP contribution in [-0.4, -0.2) is 17.5 Å². The molecule has 38 heavy (non-hydrogen) atoms. The number of ether oxygens (including phenoxy) is 1. The molecule has 0 saturated carbocycles. The number of halogens is 4. The van der Waals surface area contributed by atoms with E-state index in [9.17, 15) is 23.2 Å². The maximum atomic E-state index is 13.0. The van der Waals surface area contributed by atoms with Crippen molar-refractivity contribution < 1.29 is 22.7 Å². The molecule has 0 atom stereocenters. The minimum absolute atomic E-state index is 0.115. The number of hydrogen-bond donors (Lipinski definition) is 1. The maximum absolute atomic E-state index is 13.0. The molecule has 0 aliphatic heterocycles. The highest BCUT2D eigenvalue weighted by atomic mass is 35.5. The lowest BCUT2D eigenvalue weighted by atomic mass is 10.1. The standard InChI is InChI=1S/C28H27ClF3N3O2S/c1-2-3-4-5-6-13-37-23-10-7-19(8-11-23)14-21(17-33)26(36)35-27-34-18-24(38-27)16-20-15-22(28(30,31)32)9-12-25(20)29/h7-12,14-15,18H,2-6,13,16H2,1H3,(H,34,35,36)/b21-14+. The van der Waals surface area contributed by atoms with E-state index in [4.69, 9.17) is 16.3 Å². The molecule has 3 aromatic rings. The van der Waals surface area contributed by atoms with Gasteiger partial charge in [-0.1, -0.05) is 56.3 Å². The predicted molar refractivity (Wildman–Crippen MR) is 144 cm³/mol. The fourth-order valence-electron chi connectivity index (χ4n) is 3.56. The summed E-state index contributed by atoms with van der Waals surface area (Å²) in [5, 5.41) is 12.5. The van der Waals surface area contributed by atoms with Crippen molar-refractivity contribution in [2.45, 2.75) is 51.6 Å². The van der Waals surface area contributed by atoms with Crippen LogP contribution in [0.5, 0.6) is 5.75 Å². The minimum atomic E-state index is -4.48. The molecule has 1 N–H and O–H groups in total. The molecule has 3 rings (SSSR count). The van der Waals surface area contributed by atoms with Gasteiger partial charge < -0.3 is 4.74 Å². The summed E-state index contributed by atoms with van der Waals surface area (Å²) in [7, 11) is 0. The van der Waals surface area contributed by atoms with Crippen LogP contribution < -0.4 is 10.1 Å². The molecule has 1 amide bonds. The topological polar surface area (TPSA) is 75.0 Å². The van der Waals surface area contributed by atoms with Gasteiger partial charge in [0.2, 0.25) is 0 Å². The quantitative estimate of drug-likeness (QED) is 0.137. The number of nitrogens with zero attached hydrogens (tertiary/aromatic N) is 2. The van der Waals surface area contributed by atoms with E-state index in [2.05, 4.69) is 17.2 Å². The lowest BCUT2D eigenvalue weighted by molar-refractivity contribution is -0.137. The first-order chi connectivity index (χ1) is 18.2. The number of carbonyl (C=O) groups is 1. The first-order valence-electron chi connectivity index (χ1n) is 12.2. The molecule has 0 radical (unpaired) electrons. The van der Waals surface area contributed by atoms with Gasteiger partial charge in [0.15, 0.2) is 5.13 Å². The molecule has 0 spiro atoms. The fraction of sp³-hybridized carbons (Fsp3) is 0.321. The number of anilines is 1. The summed E-state index contributed by atoms with van der Waals surface area (Å²) in [6, 6.07) is 12.1. The van der Waals surface area contributed by atoms with E-state index in [0.29, 0.717) is 22.6 Å². The van der Waals surface area contributed by atoms with E-state index in [1.54, 1.807) is 24.3 Å². The third-order valence-electron chi connectivity index (χ3n) is 5.58. The molecule has 200 valence electrons. The van der Waals surface area contributed by atoms with Crippen molar-refractivity contribution >= 4 is 40.1 Å². The van der Waals surface area contributed by atoms with E-state index in [1.807, 2.05) is 6.07 Å². The first-order valence-corrected chi connectivity index (χ1v) is 13.4. The summed E-state index contributed by atoms with van der Waals surface area (Å²) in [6.07, 6.45) is 4.31. The smallest absolute Gasteiger partial charge is 0.416 e. The van der Waals surface area contributed by atoms with Crippen LogP contribution in [0.4, 0.5) is 18.3 Å². The number of alkyl halides is 3. The van der Waals surface area contributed by atoms with Crippen molar-refractivity contribution in [1.82, 2.24) is 4.98 Å². The number of unbranched alkanes of at least 4 members (excludes halogenated alkanes) is 4. The molecule has 0 unspecified atom stereocenters. The van der Waals surface area contributed by atoms with Crippen LogP contribution >= 0.6 is 22.9 Å². The molecule has 1 heterocycles. The molecule has 2 aromatic carbocycles. The van der Waals surface area contributed by atoms with Crippen LogP contribution in [-0.2, 0) is 17.4 Å². The summed E-state index contributed by atoms with van der Waals surface area (Å²) in [5.41, 5.74) is 0.0450. The number of hydrogen-bond acceptors (Lipinski definition) is 5. The number of carbonyl (C=O) groups excluding carboxylic acids is 1. The zero-order chi connectivity index (χ0) is 27.5. The molecule has 10 heteroatoms. The molecule has 0 bridgehead atoms. The number of benzene rings is 2. The zero-order valence-electron chi connectivity index (χ0n) is 20.8. The normalized spacial score (nSPS) is 11.7. The van der Waals surface area contributed by atoms with Crippen LogP contribution in [0, 0.1) is 11.3 Å². The van der Waals surface area contributed by atoms with Gasteiger partial charge in [-0.25, -0.2) is 4.98 Å². The number of nitriles is 1. The van der Waals surface area contributed by atoms with E-state index in [0.717, 1.165) is 42.1 Å². The Morgan fingerprint density at radius 1 is 1.16 bits per heavy atom. The Morgan fingerprint density at radius 3 is 2.58 bits per heavy atom. The molecule has 0 saturated heterocycles. The summed E-state index contributed by atoms with van der Waals surface area (Å²) in [4.78, 5) is 17.3. The molecule has 0 aliphatic rings. The van der Waals surface area contributed by atoms with E-state index in [1.165, 1.54) is 37.6 Å². The van der Waals surface area contributed by atoms with Gasteiger partial charge in [-0.2, -0.15) is 18.4 Å². The van der Waals surface area contributed by atoms with Gasteiger partial charge in [0, 0.05) is 22.5 Å². The second-order valence-electron chi connectivity index (χ2n) is 8.57. The summed E-state index contributed by atoms with van der Waals surface area (Å²) >= 11 is 7.17. The number of thiazole rings is 1. The highest BCUT2D eigenvalue weighted by Crippen LogP contribution is 2.33. The molecule has 1 aromatic heterocycles. The second kappa shape index (κ2) is 14.0. The van der Waals surface area contributed by atoms with Crippen molar-refractivity contribution in [1.29, 1.82) is 5.26 Å². The van der Waals surface area contributed by atoms with Crippen LogP contribution in [0.25, 0.3) is 6.08 Å². The van der Waals surface area contributed by atoms with E-state index < -0.39 is 17.6 Å². The molecular weight excluding hydrogens is 535 g/mol. The Balaban J connectivity index is 1.58. The third kappa shape index (κ3) is 8.89. The molecule has 5 nitrogen and oxygen atoms in total. The van der Waals surface area contributed by atoms with Crippen LogP contribution in [0.2, 0.25) is 5.02 Å². The van der Waals surface area contributed by atoms with Gasteiger partial charge in [-0.3, -0.25) is 10.1 Å². The van der Waals surface area contributed by atoms with Gasteiger partial charge in [0.25, 0.3) is 5.91 Å². The van der Waals surface area contributed by atoms with Gasteiger partial charge >= 0.3 is 6.18 Å². The molecule has 0 aliphatic carbocycles. The molecule has 0 fully saturated rings. The van der Waals surface area contributed by atoms with Crippen molar-refractivity contribution in [2.75, 3.05) is 11.9 Å². The van der Waals surface area contributed by atoms with Crippen molar-refractivity contribution in [3.8, 4) is 11.8 Å². The predicted octanol–water partition coefficient (Wildman–Crippen LogP) is 8.30. The number of amides is 1. The average molecular weight is 562 g/mol. The highest BCUT2D eigenvalue weighted by Gasteiger charge is 2.31. The summed E-state index contributed by atoms with van der Waals surface area (Å²) < 4.78 is 44.8. The Morgan fingerprint density at radius 2 is 1.89 bits per heavy atom. The second-order valence-corrected chi connectivity index (χ2v) is 10.1. The SMILES string of the molecule is CCCCCCCOc1ccc(/C=C(\C#N)C(=O)Nc2ncc(Cc3cc(C(F)(F)F)ccc3Cl)s2)cc1. The van der Waals surface area contributed by atoms with Crippen molar-refractivity contribution in [3.63, 3.8) is 0 Å². The molecular formula is C28H27ClF3N3O2S. The Labute approximate surface area is 228 Å². The van der Waals surface area contributed by atoms with Crippen molar-refractivity contribution in [2.24, 2.45) is 0 Å². The number of nitrogens with one attached hydrogen (secondary N) is 1. The van der Waals surface area contributed by atoms with Crippen LogP contribution in [0.15, 0.2) is 54.2 Å². The maximum Gasteiger partial charge on any atom is 0.416 e. The average Bonchev–Trinajstić information content (AvgIpc) is 3.32. The van der Waals surface area contributed by atoms with Gasteiger partial charge in [-0.15, -0.1) is 11.3 Å². The Kier molecular flexibility index (Phi) is 10.7.